The monoisotopic (exact) mass is 326 g/mol. The van der Waals surface area contributed by atoms with Crippen molar-refractivity contribution in [2.75, 3.05) is 21.3 Å². The van der Waals surface area contributed by atoms with Gasteiger partial charge in [-0.1, -0.05) is 12.1 Å². The van der Waals surface area contributed by atoms with Crippen LogP contribution in [0.2, 0.25) is 0 Å². The van der Waals surface area contributed by atoms with Crippen molar-refractivity contribution in [1.29, 1.82) is 0 Å². The molecule has 0 radical (unpaired) electrons. The number of hydrogen-bond donors (Lipinski definition) is 0. The number of aryl methyl sites for hydroxylation is 1. The molecular formula is C19H18O5. The summed E-state index contributed by atoms with van der Waals surface area (Å²) in [6.07, 6.45) is 0. The lowest BCUT2D eigenvalue weighted by molar-refractivity contribution is 0.355. The van der Waals surface area contributed by atoms with Crippen molar-refractivity contribution < 1.29 is 18.6 Å². The summed E-state index contributed by atoms with van der Waals surface area (Å²) in [6, 6.07) is 10.7. The van der Waals surface area contributed by atoms with Crippen LogP contribution in [-0.4, -0.2) is 21.3 Å². The molecule has 0 aliphatic carbocycles. The first kappa shape index (κ1) is 15.9. The van der Waals surface area contributed by atoms with E-state index in [2.05, 4.69) is 0 Å². The Bertz CT molecular complexity index is 956. The SMILES string of the molecule is COc1cc2oc(=O)cc(-c3ccc(C)cc3OC)c2cc1OC. The molecule has 5 heteroatoms. The second kappa shape index (κ2) is 6.28. The second-order valence-electron chi connectivity index (χ2n) is 5.39. The lowest BCUT2D eigenvalue weighted by atomic mass is 9.99. The zero-order valence-electron chi connectivity index (χ0n) is 14.0. The third kappa shape index (κ3) is 2.69. The van der Waals surface area contributed by atoms with Gasteiger partial charge in [-0.05, 0) is 24.6 Å². The van der Waals surface area contributed by atoms with Crippen LogP contribution in [0.25, 0.3) is 22.1 Å². The fourth-order valence-electron chi connectivity index (χ4n) is 2.73. The van der Waals surface area contributed by atoms with Crippen LogP contribution in [-0.2, 0) is 0 Å². The number of rotatable bonds is 4. The lowest BCUT2D eigenvalue weighted by Crippen LogP contribution is -2.00. The molecule has 0 N–H and O–H groups in total. The highest BCUT2D eigenvalue weighted by atomic mass is 16.5. The van der Waals surface area contributed by atoms with E-state index in [0.29, 0.717) is 22.8 Å². The van der Waals surface area contributed by atoms with Crippen LogP contribution in [0.1, 0.15) is 5.56 Å². The van der Waals surface area contributed by atoms with Crippen molar-refractivity contribution in [2.45, 2.75) is 6.92 Å². The molecule has 0 aliphatic rings. The Morgan fingerprint density at radius 2 is 1.46 bits per heavy atom. The highest BCUT2D eigenvalue weighted by Crippen LogP contribution is 2.39. The zero-order valence-corrected chi connectivity index (χ0v) is 14.0. The molecule has 0 bridgehead atoms. The van der Waals surface area contributed by atoms with E-state index in [0.717, 1.165) is 22.1 Å². The van der Waals surface area contributed by atoms with Crippen LogP contribution in [0, 0.1) is 6.92 Å². The summed E-state index contributed by atoms with van der Waals surface area (Å²) >= 11 is 0. The van der Waals surface area contributed by atoms with Crippen LogP contribution < -0.4 is 19.8 Å². The van der Waals surface area contributed by atoms with Crippen molar-refractivity contribution in [3.05, 3.63) is 52.4 Å². The number of methoxy groups -OCH3 is 3. The molecule has 0 saturated heterocycles. The summed E-state index contributed by atoms with van der Waals surface area (Å²) in [5, 5.41) is 0.745. The van der Waals surface area contributed by atoms with Crippen LogP contribution >= 0.6 is 0 Å². The second-order valence-corrected chi connectivity index (χ2v) is 5.39. The summed E-state index contributed by atoms with van der Waals surface area (Å²) in [5.41, 5.74) is 2.60. The van der Waals surface area contributed by atoms with Gasteiger partial charge in [0, 0.05) is 28.6 Å². The summed E-state index contributed by atoms with van der Waals surface area (Å²) < 4.78 is 21.5. The average Bonchev–Trinajstić information content (AvgIpc) is 2.59. The minimum atomic E-state index is -0.438. The van der Waals surface area contributed by atoms with Gasteiger partial charge in [0.2, 0.25) is 0 Å². The van der Waals surface area contributed by atoms with E-state index in [1.807, 2.05) is 25.1 Å². The summed E-state index contributed by atoms with van der Waals surface area (Å²) in [5.74, 6) is 1.75. The molecule has 0 atom stereocenters. The molecule has 0 fully saturated rings. The molecule has 124 valence electrons. The maximum absolute atomic E-state index is 12.0. The maximum Gasteiger partial charge on any atom is 0.336 e. The van der Waals surface area contributed by atoms with Crippen molar-refractivity contribution in [3.63, 3.8) is 0 Å². The highest BCUT2D eigenvalue weighted by Gasteiger charge is 2.16. The topological polar surface area (TPSA) is 57.9 Å². The van der Waals surface area contributed by atoms with Gasteiger partial charge < -0.3 is 18.6 Å². The Hall–Kier alpha value is -2.95. The largest absolute Gasteiger partial charge is 0.496 e. The first-order chi connectivity index (χ1) is 11.6. The van der Waals surface area contributed by atoms with Crippen LogP contribution in [0.4, 0.5) is 0 Å². The maximum atomic E-state index is 12.0. The molecule has 3 aromatic rings. The van der Waals surface area contributed by atoms with E-state index in [1.54, 1.807) is 26.4 Å². The van der Waals surface area contributed by atoms with Gasteiger partial charge in [0.15, 0.2) is 11.5 Å². The van der Waals surface area contributed by atoms with Gasteiger partial charge in [-0.15, -0.1) is 0 Å². The highest BCUT2D eigenvalue weighted by molar-refractivity contribution is 5.96. The smallest absolute Gasteiger partial charge is 0.336 e. The Morgan fingerprint density at radius 3 is 2.12 bits per heavy atom. The van der Waals surface area contributed by atoms with E-state index in [4.69, 9.17) is 18.6 Å². The number of ether oxygens (including phenoxy) is 3. The van der Waals surface area contributed by atoms with Gasteiger partial charge in [0.1, 0.15) is 11.3 Å². The van der Waals surface area contributed by atoms with E-state index >= 15 is 0 Å². The predicted molar refractivity (Wildman–Crippen MR) is 92.3 cm³/mol. The van der Waals surface area contributed by atoms with E-state index in [1.165, 1.54) is 13.2 Å². The van der Waals surface area contributed by atoms with Gasteiger partial charge in [-0.3, -0.25) is 0 Å². The fourth-order valence-corrected chi connectivity index (χ4v) is 2.73. The zero-order chi connectivity index (χ0) is 17.3. The molecule has 2 aromatic carbocycles. The van der Waals surface area contributed by atoms with Crippen LogP contribution in [0.15, 0.2) is 45.6 Å². The third-order valence-electron chi connectivity index (χ3n) is 3.90. The summed E-state index contributed by atoms with van der Waals surface area (Å²) in [4.78, 5) is 12.0. The Labute approximate surface area is 139 Å². The van der Waals surface area contributed by atoms with Gasteiger partial charge in [-0.2, -0.15) is 0 Å². The predicted octanol–water partition coefficient (Wildman–Crippen LogP) is 3.79. The molecule has 0 amide bonds. The minimum absolute atomic E-state index is 0.428. The molecule has 24 heavy (non-hydrogen) atoms. The lowest BCUT2D eigenvalue weighted by Gasteiger charge is -2.13. The minimum Gasteiger partial charge on any atom is -0.496 e. The summed E-state index contributed by atoms with van der Waals surface area (Å²) in [6.45, 7) is 1.98. The van der Waals surface area contributed by atoms with Gasteiger partial charge in [-0.25, -0.2) is 4.79 Å². The number of hydrogen-bond acceptors (Lipinski definition) is 5. The average molecular weight is 326 g/mol. The molecule has 5 nitrogen and oxygen atoms in total. The van der Waals surface area contributed by atoms with Crippen LogP contribution in [0.3, 0.4) is 0 Å². The standard InChI is InChI=1S/C19H18O5/c1-11-5-6-12(15(7-11)21-2)13-9-19(20)24-16-10-18(23-4)17(22-3)8-14(13)16/h5-10H,1-4H3. The van der Waals surface area contributed by atoms with Crippen molar-refractivity contribution in [2.24, 2.45) is 0 Å². The van der Waals surface area contributed by atoms with Crippen molar-refractivity contribution in [1.82, 2.24) is 0 Å². The number of benzene rings is 2. The van der Waals surface area contributed by atoms with Gasteiger partial charge in [0.25, 0.3) is 0 Å². The summed E-state index contributed by atoms with van der Waals surface area (Å²) in [7, 11) is 4.71. The normalized spacial score (nSPS) is 10.7. The van der Waals surface area contributed by atoms with Crippen molar-refractivity contribution >= 4 is 11.0 Å². The van der Waals surface area contributed by atoms with E-state index in [-0.39, 0.29) is 0 Å². The van der Waals surface area contributed by atoms with E-state index in [9.17, 15) is 4.79 Å². The first-order valence-electron chi connectivity index (χ1n) is 7.42. The molecule has 0 spiro atoms. The van der Waals surface area contributed by atoms with E-state index < -0.39 is 5.63 Å². The quantitative estimate of drug-likeness (QED) is 0.683. The Morgan fingerprint density at radius 1 is 0.792 bits per heavy atom. The Balaban J connectivity index is 2.38. The molecule has 0 unspecified atom stereocenters. The molecule has 0 saturated carbocycles. The third-order valence-corrected chi connectivity index (χ3v) is 3.90. The molecular weight excluding hydrogens is 308 g/mol. The number of fused-ring (bicyclic) bond motifs is 1. The van der Waals surface area contributed by atoms with Gasteiger partial charge in [0.05, 0.1) is 21.3 Å². The first-order valence-corrected chi connectivity index (χ1v) is 7.42. The molecule has 1 heterocycles. The molecule has 3 rings (SSSR count). The molecule has 1 aromatic heterocycles. The fraction of sp³-hybridized carbons (Fsp3) is 0.211. The van der Waals surface area contributed by atoms with Gasteiger partial charge >= 0.3 is 5.63 Å². The Kier molecular flexibility index (Phi) is 4.16. The van der Waals surface area contributed by atoms with Crippen molar-refractivity contribution in [3.8, 4) is 28.4 Å². The molecule has 0 aliphatic heterocycles. The van der Waals surface area contributed by atoms with Crippen LogP contribution in [0.5, 0.6) is 17.2 Å².